The van der Waals surface area contributed by atoms with Gasteiger partial charge in [-0.3, -0.25) is 4.79 Å². The van der Waals surface area contributed by atoms with Crippen molar-refractivity contribution in [2.75, 3.05) is 0 Å². The molecule has 18 heavy (non-hydrogen) atoms. The summed E-state index contributed by atoms with van der Waals surface area (Å²) in [4.78, 5) is 12.0. The van der Waals surface area contributed by atoms with E-state index in [-0.39, 0.29) is 11.9 Å². The summed E-state index contributed by atoms with van der Waals surface area (Å²) in [6.07, 6.45) is 0.609. The van der Waals surface area contributed by atoms with E-state index in [1.165, 1.54) is 5.56 Å². The van der Waals surface area contributed by atoms with Gasteiger partial charge in [0.05, 0.1) is 8.07 Å². The number of rotatable bonds is 5. The lowest BCUT2D eigenvalue weighted by molar-refractivity contribution is -0.121. The Morgan fingerprint density at radius 1 is 1.17 bits per heavy atom. The van der Waals surface area contributed by atoms with E-state index in [4.69, 9.17) is 0 Å². The summed E-state index contributed by atoms with van der Waals surface area (Å²) in [5, 5.41) is 3.00. The van der Waals surface area contributed by atoms with Gasteiger partial charge in [-0.25, -0.2) is 0 Å². The van der Waals surface area contributed by atoms with E-state index in [0.717, 1.165) is 0 Å². The first kappa shape index (κ1) is 15.0. The lowest BCUT2D eigenvalue weighted by Crippen LogP contribution is -2.38. The number of carbonyl (C=O) groups is 1. The molecular formula is C15H25NOSi. The van der Waals surface area contributed by atoms with Gasteiger partial charge in [-0.1, -0.05) is 50.0 Å². The minimum atomic E-state index is -1.40. The molecule has 0 aliphatic carbocycles. The molecule has 3 heteroatoms. The van der Waals surface area contributed by atoms with Crippen LogP contribution in [0, 0.1) is 0 Å². The topological polar surface area (TPSA) is 29.1 Å². The van der Waals surface area contributed by atoms with E-state index >= 15 is 0 Å². The number of hydrogen-bond donors (Lipinski definition) is 1. The number of nitrogens with one attached hydrogen (secondary N) is 1. The normalized spacial score (nSPS) is 13.4. The monoisotopic (exact) mass is 263 g/mol. The Kier molecular flexibility index (Phi) is 5.14. The molecule has 0 aliphatic rings. The highest BCUT2D eigenvalue weighted by Gasteiger charge is 2.30. The van der Waals surface area contributed by atoms with E-state index in [1.54, 1.807) is 0 Å². The molecule has 0 bridgehead atoms. The molecule has 1 aromatic carbocycles. The van der Waals surface area contributed by atoms with Crippen LogP contribution in [0.4, 0.5) is 0 Å². The first-order valence-electron chi connectivity index (χ1n) is 6.65. The molecule has 1 N–H and O–H groups in total. The third-order valence-corrected chi connectivity index (χ3v) is 5.71. The van der Waals surface area contributed by atoms with Gasteiger partial charge < -0.3 is 5.32 Å². The third kappa shape index (κ3) is 4.65. The zero-order valence-electron chi connectivity index (χ0n) is 12.2. The molecule has 1 amide bonds. The Morgan fingerprint density at radius 3 is 2.17 bits per heavy atom. The zero-order valence-corrected chi connectivity index (χ0v) is 13.2. The Hall–Kier alpha value is -1.09. The maximum Gasteiger partial charge on any atom is 0.220 e. The molecule has 0 saturated carbocycles. The quantitative estimate of drug-likeness (QED) is 0.809. The molecule has 0 spiro atoms. The average molecular weight is 263 g/mol. The van der Waals surface area contributed by atoms with Crippen molar-refractivity contribution < 1.29 is 4.79 Å². The number of carbonyl (C=O) groups excluding carboxylic acids is 1. The van der Waals surface area contributed by atoms with Gasteiger partial charge in [0.15, 0.2) is 0 Å². The van der Waals surface area contributed by atoms with Crippen molar-refractivity contribution in [2.45, 2.75) is 51.5 Å². The maximum absolute atomic E-state index is 12.0. The molecule has 2 nitrogen and oxygen atoms in total. The van der Waals surface area contributed by atoms with E-state index in [9.17, 15) is 4.79 Å². The van der Waals surface area contributed by atoms with Crippen LogP contribution < -0.4 is 5.32 Å². The lowest BCUT2D eigenvalue weighted by Gasteiger charge is -2.29. The fourth-order valence-electron chi connectivity index (χ4n) is 2.18. The maximum atomic E-state index is 12.0. The smallest absolute Gasteiger partial charge is 0.220 e. The minimum Gasteiger partial charge on any atom is -0.354 e. The van der Waals surface area contributed by atoms with Crippen molar-refractivity contribution in [3.8, 4) is 0 Å². The summed E-state index contributed by atoms with van der Waals surface area (Å²) in [7, 11) is -1.40. The summed E-state index contributed by atoms with van der Waals surface area (Å²) < 4.78 is 0. The van der Waals surface area contributed by atoms with Crippen molar-refractivity contribution in [1.29, 1.82) is 0 Å². The van der Waals surface area contributed by atoms with Gasteiger partial charge >= 0.3 is 0 Å². The first-order chi connectivity index (χ1) is 8.30. The van der Waals surface area contributed by atoms with Crippen LogP contribution in [0.2, 0.25) is 19.6 Å². The highest BCUT2D eigenvalue weighted by molar-refractivity contribution is 6.77. The van der Waals surface area contributed by atoms with Crippen LogP contribution >= 0.6 is 0 Å². The van der Waals surface area contributed by atoms with Crippen molar-refractivity contribution in [3.05, 3.63) is 35.9 Å². The first-order valence-corrected chi connectivity index (χ1v) is 10.2. The summed E-state index contributed by atoms with van der Waals surface area (Å²) in [5.74, 6) is 0.168. The van der Waals surface area contributed by atoms with Gasteiger partial charge in [0.2, 0.25) is 5.91 Å². The van der Waals surface area contributed by atoms with E-state index in [0.29, 0.717) is 12.0 Å². The minimum absolute atomic E-state index is 0.168. The predicted molar refractivity (Wildman–Crippen MR) is 80.4 cm³/mol. The number of amides is 1. The van der Waals surface area contributed by atoms with Gasteiger partial charge in [0.25, 0.3) is 0 Å². The second-order valence-corrected chi connectivity index (χ2v) is 11.7. The molecule has 0 aliphatic heterocycles. The van der Waals surface area contributed by atoms with Crippen LogP contribution in [0.15, 0.2) is 30.3 Å². The van der Waals surface area contributed by atoms with Crippen LogP contribution in [0.5, 0.6) is 0 Å². The SMILES string of the molecule is CC(C)NC(=O)CC(c1ccccc1)[Si](C)(C)C. The Bertz CT molecular complexity index is 381. The van der Waals surface area contributed by atoms with Crippen LogP contribution in [0.1, 0.15) is 31.4 Å². The van der Waals surface area contributed by atoms with Gasteiger partial charge in [-0.15, -0.1) is 0 Å². The molecule has 1 rings (SSSR count). The molecule has 0 radical (unpaired) electrons. The van der Waals surface area contributed by atoms with Gasteiger partial charge in [0.1, 0.15) is 0 Å². The summed E-state index contributed by atoms with van der Waals surface area (Å²) in [6.45, 7) is 11.0. The number of hydrogen-bond acceptors (Lipinski definition) is 1. The predicted octanol–water partition coefficient (Wildman–Crippen LogP) is 3.56. The van der Waals surface area contributed by atoms with Crippen molar-refractivity contribution >= 4 is 14.0 Å². The van der Waals surface area contributed by atoms with Crippen molar-refractivity contribution in [1.82, 2.24) is 5.32 Å². The average Bonchev–Trinajstić information content (AvgIpc) is 2.24. The van der Waals surface area contributed by atoms with Crippen molar-refractivity contribution in [3.63, 3.8) is 0 Å². The Balaban J connectivity index is 2.85. The second kappa shape index (κ2) is 6.18. The van der Waals surface area contributed by atoms with Crippen molar-refractivity contribution in [2.24, 2.45) is 0 Å². The molecule has 0 aromatic heterocycles. The van der Waals surface area contributed by atoms with Gasteiger partial charge in [0, 0.05) is 12.5 Å². The molecule has 1 aromatic rings. The molecule has 0 heterocycles. The fraction of sp³-hybridized carbons (Fsp3) is 0.533. The molecule has 0 fully saturated rings. The molecular weight excluding hydrogens is 238 g/mol. The fourth-order valence-corrected chi connectivity index (χ4v) is 4.17. The van der Waals surface area contributed by atoms with Crippen LogP contribution in [0.25, 0.3) is 0 Å². The standard InChI is InChI=1S/C15H25NOSi/c1-12(2)16-15(17)11-14(18(3,4)5)13-9-7-6-8-10-13/h6-10,12,14H,11H2,1-5H3,(H,16,17). The largest absolute Gasteiger partial charge is 0.354 e. The summed E-state index contributed by atoms with van der Waals surface area (Å²) >= 11 is 0. The van der Waals surface area contributed by atoms with E-state index in [2.05, 4.69) is 49.2 Å². The summed E-state index contributed by atoms with van der Waals surface area (Å²) in [5.41, 5.74) is 1.69. The van der Waals surface area contributed by atoms with E-state index < -0.39 is 8.07 Å². The molecule has 100 valence electrons. The third-order valence-electron chi connectivity index (χ3n) is 3.09. The molecule has 1 atom stereocenters. The highest BCUT2D eigenvalue weighted by atomic mass is 28.3. The van der Waals surface area contributed by atoms with Gasteiger partial charge in [-0.05, 0) is 25.0 Å². The Morgan fingerprint density at radius 2 is 1.72 bits per heavy atom. The highest BCUT2D eigenvalue weighted by Crippen LogP contribution is 2.30. The molecule has 1 unspecified atom stereocenters. The zero-order chi connectivity index (χ0) is 13.8. The van der Waals surface area contributed by atoms with Crippen LogP contribution in [-0.4, -0.2) is 20.0 Å². The second-order valence-electron chi connectivity index (χ2n) is 6.26. The van der Waals surface area contributed by atoms with Gasteiger partial charge in [-0.2, -0.15) is 0 Å². The van der Waals surface area contributed by atoms with Crippen LogP contribution in [0.3, 0.4) is 0 Å². The molecule has 0 saturated heterocycles. The van der Waals surface area contributed by atoms with E-state index in [1.807, 2.05) is 19.9 Å². The summed E-state index contributed by atoms with van der Waals surface area (Å²) in [6, 6.07) is 10.7. The van der Waals surface area contributed by atoms with Crippen LogP contribution in [-0.2, 0) is 4.79 Å². The Labute approximate surface area is 112 Å². The number of benzene rings is 1. The lowest BCUT2D eigenvalue weighted by atomic mass is 10.1.